The van der Waals surface area contributed by atoms with Gasteiger partial charge in [-0.1, -0.05) is 23.7 Å². The second kappa shape index (κ2) is 14.8. The van der Waals surface area contributed by atoms with E-state index in [9.17, 15) is 14.7 Å². The maximum absolute atomic E-state index is 14.1. The van der Waals surface area contributed by atoms with Gasteiger partial charge in [-0.3, -0.25) is 4.79 Å². The number of rotatable bonds is 12. The lowest BCUT2D eigenvalue weighted by Gasteiger charge is -2.59. The van der Waals surface area contributed by atoms with E-state index in [2.05, 4.69) is 10.2 Å². The third-order valence-corrected chi connectivity index (χ3v) is 10.3. The zero-order valence-corrected chi connectivity index (χ0v) is 29.2. The molecule has 4 bridgehead atoms. The van der Waals surface area contributed by atoms with Gasteiger partial charge >= 0.3 is 6.16 Å². The molecule has 0 spiro atoms. The first-order valence-corrected chi connectivity index (χ1v) is 16.5. The number of halogens is 2. The van der Waals surface area contributed by atoms with Crippen molar-refractivity contribution in [3.8, 4) is 39.6 Å². The molecule has 2 aromatic carbocycles. The number of nitrogens with zero attached hydrogens (tertiary/aromatic N) is 2. The monoisotopic (exact) mass is 699 g/mol. The minimum absolute atomic E-state index is 0. The van der Waals surface area contributed by atoms with Crippen LogP contribution < -0.4 is 19.5 Å². The van der Waals surface area contributed by atoms with Crippen LogP contribution >= 0.6 is 24.0 Å². The summed E-state index contributed by atoms with van der Waals surface area (Å²) < 4.78 is 23.2. The summed E-state index contributed by atoms with van der Waals surface area (Å²) >= 11 is 6.56. The molecule has 0 atom stereocenters. The Morgan fingerprint density at radius 2 is 1.60 bits per heavy atom. The molecule has 48 heavy (non-hydrogen) atoms. The highest BCUT2D eigenvalue weighted by Crippen LogP contribution is 2.58. The number of benzene rings is 2. The second-order valence-electron chi connectivity index (χ2n) is 13.2. The number of hydrogen-bond donors (Lipinski definition) is 2. The van der Waals surface area contributed by atoms with Crippen molar-refractivity contribution in [1.29, 1.82) is 0 Å². The number of amides is 1. The van der Waals surface area contributed by atoms with E-state index < -0.39 is 17.8 Å². The molecular formula is C36H43Cl2N3O7. The Morgan fingerprint density at radius 3 is 2.19 bits per heavy atom. The molecule has 4 aliphatic rings. The molecule has 12 heteroatoms. The number of pyridine rings is 1. The van der Waals surface area contributed by atoms with Gasteiger partial charge in [-0.15, -0.1) is 12.4 Å². The van der Waals surface area contributed by atoms with Crippen molar-refractivity contribution in [3.63, 3.8) is 0 Å². The topological polar surface area (TPSA) is 119 Å². The van der Waals surface area contributed by atoms with Gasteiger partial charge in [0.15, 0.2) is 5.72 Å². The average molecular weight is 701 g/mol. The SMILES string of the molecule is COc1cccc(OC)c1-c1ccc(C(=O)NC2(OC(=O)O)C3CC4CC(C3)CC2C4)nc1-c1ccc(Cl)c(OCCCN(C)C)c1.Cl. The van der Waals surface area contributed by atoms with Crippen LogP contribution in [0.1, 0.15) is 49.0 Å². The van der Waals surface area contributed by atoms with E-state index in [1.54, 1.807) is 26.4 Å². The molecule has 258 valence electrons. The highest BCUT2D eigenvalue weighted by atomic mass is 35.5. The molecule has 3 aromatic rings. The molecule has 0 unspecified atom stereocenters. The fourth-order valence-corrected chi connectivity index (χ4v) is 8.29. The molecule has 0 saturated heterocycles. The van der Waals surface area contributed by atoms with Gasteiger partial charge in [-0.05, 0) is 101 Å². The fraction of sp³-hybridized carbons (Fsp3) is 0.472. The lowest BCUT2D eigenvalue weighted by atomic mass is 9.52. The summed E-state index contributed by atoms with van der Waals surface area (Å²) in [6.45, 7) is 1.34. The number of ether oxygens (including phenoxy) is 4. The van der Waals surface area contributed by atoms with Crippen LogP contribution in [0, 0.1) is 23.7 Å². The fourth-order valence-electron chi connectivity index (χ4n) is 8.11. The molecule has 0 aliphatic heterocycles. The van der Waals surface area contributed by atoms with Crippen molar-refractivity contribution in [1.82, 2.24) is 15.2 Å². The molecule has 1 amide bonds. The smallest absolute Gasteiger partial charge is 0.496 e. The number of carboxylic acid groups (broad SMARTS) is 1. The largest absolute Gasteiger partial charge is 0.507 e. The van der Waals surface area contributed by atoms with E-state index in [-0.39, 0.29) is 29.9 Å². The maximum atomic E-state index is 14.1. The van der Waals surface area contributed by atoms with E-state index in [0.29, 0.717) is 63.1 Å². The van der Waals surface area contributed by atoms with Crippen LogP contribution in [-0.2, 0) is 4.74 Å². The number of nitrogens with one attached hydrogen (secondary N) is 1. The Bertz CT molecular complexity index is 1600. The second-order valence-corrected chi connectivity index (χ2v) is 13.6. The van der Waals surface area contributed by atoms with Crippen molar-refractivity contribution in [2.75, 3.05) is 41.5 Å². The van der Waals surface area contributed by atoms with Gasteiger partial charge in [-0.2, -0.15) is 0 Å². The number of carbonyl (C=O) groups excluding carboxylic acids is 1. The molecule has 10 nitrogen and oxygen atoms in total. The standard InChI is InChI=1S/C36H42ClN3O7.ClH/c1-40(2)13-6-14-46-31-20-23(9-11-27(31)37)33-26(32-29(44-3)7-5-8-30(32)45-4)10-12-28(38-33)34(41)39-36(47-35(42)43)24-16-21-15-22(18-24)19-25(36)17-21;/h5,7-12,20-22,24-25H,6,13-19H2,1-4H3,(H,39,41)(H,42,43);1H. The summed E-state index contributed by atoms with van der Waals surface area (Å²) in [6.07, 6.45) is 3.97. The summed E-state index contributed by atoms with van der Waals surface area (Å²) in [4.78, 5) is 33.1. The maximum Gasteiger partial charge on any atom is 0.507 e. The van der Waals surface area contributed by atoms with Gasteiger partial charge in [0.2, 0.25) is 0 Å². The van der Waals surface area contributed by atoms with Gasteiger partial charge in [-0.25, -0.2) is 9.78 Å². The van der Waals surface area contributed by atoms with E-state index in [4.69, 9.17) is 35.5 Å². The number of aromatic nitrogens is 1. The molecule has 4 saturated carbocycles. The molecule has 4 aliphatic carbocycles. The van der Waals surface area contributed by atoms with Gasteiger partial charge in [0.1, 0.15) is 22.9 Å². The predicted octanol–water partition coefficient (Wildman–Crippen LogP) is 7.42. The minimum Gasteiger partial charge on any atom is -0.496 e. The summed E-state index contributed by atoms with van der Waals surface area (Å²) in [7, 11) is 7.19. The summed E-state index contributed by atoms with van der Waals surface area (Å²) in [6, 6.07) is 14.4. The van der Waals surface area contributed by atoms with Crippen molar-refractivity contribution in [2.45, 2.75) is 44.2 Å². The number of methoxy groups -OCH3 is 2. The van der Waals surface area contributed by atoms with Gasteiger partial charge < -0.3 is 34.3 Å². The van der Waals surface area contributed by atoms with E-state index >= 15 is 0 Å². The molecule has 4 fully saturated rings. The lowest BCUT2D eigenvalue weighted by Crippen LogP contribution is -2.68. The predicted molar refractivity (Wildman–Crippen MR) is 185 cm³/mol. The van der Waals surface area contributed by atoms with E-state index in [1.807, 2.05) is 50.5 Å². The normalized spacial score (nSPS) is 23.7. The first-order chi connectivity index (χ1) is 22.6. The lowest BCUT2D eigenvalue weighted by molar-refractivity contribution is -0.191. The van der Waals surface area contributed by atoms with Crippen molar-refractivity contribution >= 4 is 36.1 Å². The van der Waals surface area contributed by atoms with Gasteiger partial charge in [0, 0.05) is 29.5 Å². The van der Waals surface area contributed by atoms with E-state index in [0.717, 1.165) is 38.6 Å². The van der Waals surface area contributed by atoms with Crippen LogP contribution in [0.25, 0.3) is 22.4 Å². The first-order valence-electron chi connectivity index (χ1n) is 16.2. The van der Waals surface area contributed by atoms with Crippen LogP contribution in [0.2, 0.25) is 5.02 Å². The van der Waals surface area contributed by atoms with Crippen LogP contribution in [0.15, 0.2) is 48.5 Å². The molecule has 1 heterocycles. The third kappa shape index (κ3) is 7.02. The molecule has 2 N–H and O–H groups in total. The van der Waals surface area contributed by atoms with Crippen LogP contribution in [-0.4, -0.2) is 74.2 Å². The minimum atomic E-state index is -1.38. The number of hydrogen-bond acceptors (Lipinski definition) is 8. The van der Waals surface area contributed by atoms with Crippen molar-refractivity contribution in [2.24, 2.45) is 23.7 Å². The van der Waals surface area contributed by atoms with Gasteiger partial charge in [0.25, 0.3) is 5.91 Å². The average Bonchev–Trinajstić information content (AvgIpc) is 3.04. The molecule has 0 radical (unpaired) electrons. The van der Waals surface area contributed by atoms with Crippen molar-refractivity contribution < 1.29 is 33.6 Å². The summed E-state index contributed by atoms with van der Waals surface area (Å²) in [5.41, 5.74) is 1.33. The highest BCUT2D eigenvalue weighted by molar-refractivity contribution is 6.32. The Balaban J connectivity index is 0.00000451. The Labute approximate surface area is 292 Å². The number of carbonyl (C=O) groups is 2. The van der Waals surface area contributed by atoms with Crippen LogP contribution in [0.3, 0.4) is 0 Å². The van der Waals surface area contributed by atoms with Crippen LogP contribution in [0.4, 0.5) is 4.79 Å². The zero-order valence-electron chi connectivity index (χ0n) is 27.7. The van der Waals surface area contributed by atoms with E-state index in [1.165, 1.54) is 6.42 Å². The third-order valence-electron chi connectivity index (χ3n) is 9.95. The Hall–Kier alpha value is -3.73. The summed E-state index contributed by atoms with van der Waals surface area (Å²) in [5, 5.41) is 13.3. The molecular weight excluding hydrogens is 657 g/mol. The molecule has 1 aromatic heterocycles. The Morgan fingerprint density at radius 1 is 0.958 bits per heavy atom. The first kappa shape index (κ1) is 35.6. The van der Waals surface area contributed by atoms with Crippen LogP contribution in [0.5, 0.6) is 17.2 Å². The quantitative estimate of drug-likeness (QED) is 0.113. The Kier molecular flexibility index (Phi) is 11.0. The highest BCUT2D eigenvalue weighted by Gasteiger charge is 2.61. The zero-order chi connectivity index (χ0) is 33.3. The summed E-state index contributed by atoms with van der Waals surface area (Å²) in [5.74, 6) is 2.10. The molecule has 7 rings (SSSR count). The van der Waals surface area contributed by atoms with Crippen molar-refractivity contribution in [3.05, 3.63) is 59.2 Å². The van der Waals surface area contributed by atoms with Gasteiger partial charge in [0.05, 0.1) is 37.1 Å².